The van der Waals surface area contributed by atoms with Crippen molar-refractivity contribution < 1.29 is 8.42 Å². The Morgan fingerprint density at radius 3 is 2.65 bits per heavy atom. The Balaban J connectivity index is 1.80. The first-order valence-corrected chi connectivity index (χ1v) is 10.6. The highest BCUT2D eigenvalue weighted by atomic mass is 32.2. The molecule has 4 rings (SSSR count). The summed E-state index contributed by atoms with van der Waals surface area (Å²) in [5.74, 6) is 0.360. The largest absolute Gasteiger partial charge is 0.311 e. The fraction of sp³-hybridized carbons (Fsp3) is 0.500. The van der Waals surface area contributed by atoms with E-state index in [1.807, 2.05) is 17.6 Å². The summed E-state index contributed by atoms with van der Waals surface area (Å²) in [5, 5.41) is 0. The first kappa shape index (κ1) is 17.4. The van der Waals surface area contributed by atoms with Gasteiger partial charge in [0.1, 0.15) is 6.33 Å². The molecule has 26 heavy (non-hydrogen) atoms. The van der Waals surface area contributed by atoms with E-state index in [4.69, 9.17) is 0 Å². The Hall–Kier alpha value is -2.06. The molecule has 0 spiro atoms. The van der Waals surface area contributed by atoms with Gasteiger partial charge in [-0.3, -0.25) is 4.79 Å². The first-order valence-electron chi connectivity index (χ1n) is 8.96. The third kappa shape index (κ3) is 2.97. The molecule has 4 heterocycles. The number of piperidine rings is 1. The third-order valence-electron chi connectivity index (χ3n) is 5.28. The van der Waals surface area contributed by atoms with Crippen LogP contribution in [0.3, 0.4) is 0 Å². The van der Waals surface area contributed by atoms with Gasteiger partial charge in [0, 0.05) is 60.8 Å². The van der Waals surface area contributed by atoms with Crippen LogP contribution in [0.1, 0.15) is 31.4 Å². The molecule has 2 aliphatic rings. The van der Waals surface area contributed by atoms with Crippen LogP contribution in [-0.4, -0.2) is 46.1 Å². The van der Waals surface area contributed by atoms with Crippen LogP contribution in [0.5, 0.6) is 0 Å². The summed E-state index contributed by atoms with van der Waals surface area (Å²) < 4.78 is 28.6. The van der Waals surface area contributed by atoms with Crippen molar-refractivity contribution in [3.63, 3.8) is 0 Å². The highest BCUT2D eigenvalue weighted by molar-refractivity contribution is 7.89. The lowest BCUT2D eigenvalue weighted by molar-refractivity contribution is 0.187. The van der Waals surface area contributed by atoms with Gasteiger partial charge < -0.3 is 4.57 Å². The Labute approximate surface area is 152 Å². The zero-order valence-corrected chi connectivity index (χ0v) is 15.5. The number of hydrogen-bond acceptors (Lipinski definition) is 5. The number of fused-ring (bicyclic) bond motifs is 4. The minimum atomic E-state index is -3.24. The number of rotatable bonds is 4. The Morgan fingerprint density at radius 1 is 1.15 bits per heavy atom. The number of nitrogens with zero attached hydrogens (tertiary/aromatic N) is 4. The lowest BCUT2D eigenvalue weighted by atomic mass is 9.81. The smallest absolute Gasteiger partial charge is 0.250 e. The van der Waals surface area contributed by atoms with Gasteiger partial charge in [0.25, 0.3) is 5.56 Å². The molecule has 138 valence electrons. The van der Waals surface area contributed by atoms with E-state index in [-0.39, 0.29) is 23.1 Å². The van der Waals surface area contributed by atoms with Crippen LogP contribution in [0.15, 0.2) is 35.6 Å². The molecule has 0 saturated carbocycles. The maximum Gasteiger partial charge on any atom is 0.250 e. The van der Waals surface area contributed by atoms with Gasteiger partial charge in [0.05, 0.1) is 5.75 Å². The van der Waals surface area contributed by atoms with E-state index < -0.39 is 10.0 Å². The predicted octanol–water partition coefficient (Wildman–Crippen LogP) is 1.46. The van der Waals surface area contributed by atoms with Crippen molar-refractivity contribution in [1.82, 2.24) is 18.8 Å². The van der Waals surface area contributed by atoms with Crippen molar-refractivity contribution in [2.75, 3.05) is 18.8 Å². The summed E-state index contributed by atoms with van der Waals surface area (Å²) in [6.45, 7) is 3.38. The van der Waals surface area contributed by atoms with Crippen molar-refractivity contribution in [2.24, 2.45) is 5.92 Å². The highest BCUT2D eigenvalue weighted by Gasteiger charge is 2.39. The van der Waals surface area contributed by atoms with Crippen LogP contribution in [0.25, 0.3) is 11.1 Å². The van der Waals surface area contributed by atoms with E-state index in [0.29, 0.717) is 26.1 Å². The molecule has 7 nitrogen and oxygen atoms in total. The monoisotopic (exact) mass is 374 g/mol. The molecule has 0 unspecified atom stereocenters. The molecule has 2 aromatic rings. The van der Waals surface area contributed by atoms with Crippen LogP contribution >= 0.6 is 0 Å². The molecule has 0 N–H and O–H groups in total. The van der Waals surface area contributed by atoms with Gasteiger partial charge in [-0.15, -0.1) is 0 Å². The van der Waals surface area contributed by atoms with Gasteiger partial charge in [-0.1, -0.05) is 6.92 Å². The Kier molecular flexibility index (Phi) is 4.40. The first-order chi connectivity index (χ1) is 12.5. The number of sulfonamides is 1. The predicted molar refractivity (Wildman–Crippen MR) is 98.2 cm³/mol. The van der Waals surface area contributed by atoms with E-state index in [1.165, 1.54) is 6.33 Å². The molecule has 0 amide bonds. The normalized spacial score (nSPS) is 22.8. The fourth-order valence-electron chi connectivity index (χ4n) is 4.27. The second-order valence-electron chi connectivity index (χ2n) is 7.14. The highest BCUT2D eigenvalue weighted by Crippen LogP contribution is 2.40. The van der Waals surface area contributed by atoms with Gasteiger partial charge in [-0.2, -0.15) is 0 Å². The van der Waals surface area contributed by atoms with Gasteiger partial charge in [0.2, 0.25) is 10.0 Å². The minimum absolute atomic E-state index is 0.0123. The number of aromatic nitrogens is 3. The van der Waals surface area contributed by atoms with Crippen LogP contribution in [0.4, 0.5) is 0 Å². The molecule has 2 aromatic heterocycles. The quantitative estimate of drug-likeness (QED) is 0.809. The summed E-state index contributed by atoms with van der Waals surface area (Å²) in [6.07, 6.45) is 6.45. The average molecular weight is 374 g/mol. The zero-order valence-electron chi connectivity index (χ0n) is 14.7. The molecule has 0 aromatic carbocycles. The second kappa shape index (κ2) is 6.59. The molecule has 2 bridgehead atoms. The van der Waals surface area contributed by atoms with Crippen molar-refractivity contribution in [2.45, 2.75) is 32.2 Å². The maximum atomic E-state index is 12.6. The molecule has 2 aliphatic heterocycles. The summed E-state index contributed by atoms with van der Waals surface area (Å²) in [7, 11) is -3.24. The molecule has 1 fully saturated rings. The molecule has 0 aliphatic carbocycles. The van der Waals surface area contributed by atoms with Gasteiger partial charge in [-0.25, -0.2) is 22.7 Å². The summed E-state index contributed by atoms with van der Waals surface area (Å²) in [5.41, 5.74) is 2.66. The summed E-state index contributed by atoms with van der Waals surface area (Å²) >= 11 is 0. The summed E-state index contributed by atoms with van der Waals surface area (Å²) in [4.78, 5) is 20.6. The zero-order chi connectivity index (χ0) is 18.3. The van der Waals surface area contributed by atoms with Gasteiger partial charge >= 0.3 is 0 Å². The van der Waals surface area contributed by atoms with Crippen molar-refractivity contribution >= 4 is 10.0 Å². The van der Waals surface area contributed by atoms with E-state index in [1.54, 1.807) is 22.8 Å². The van der Waals surface area contributed by atoms with Crippen LogP contribution in [0.2, 0.25) is 0 Å². The lowest BCUT2D eigenvalue weighted by Gasteiger charge is -2.42. The fourth-order valence-corrected chi connectivity index (χ4v) is 5.89. The Morgan fingerprint density at radius 2 is 1.92 bits per heavy atom. The third-order valence-corrected chi connectivity index (χ3v) is 7.29. The Bertz CT molecular complexity index is 972. The SMILES string of the molecule is CCCS(=O)(=O)N1C[C@@H]2C[C@H](C1)c1c(-c3cncnc3)ccc(=O)n1C2. The number of hydrogen-bond donors (Lipinski definition) is 0. The van der Waals surface area contributed by atoms with Crippen molar-refractivity contribution in [3.05, 3.63) is 46.9 Å². The van der Waals surface area contributed by atoms with Crippen molar-refractivity contribution in [1.29, 1.82) is 0 Å². The average Bonchev–Trinajstić information content (AvgIpc) is 2.63. The minimum Gasteiger partial charge on any atom is -0.311 e. The topological polar surface area (TPSA) is 85.2 Å². The maximum absolute atomic E-state index is 12.6. The molecular weight excluding hydrogens is 352 g/mol. The van der Waals surface area contributed by atoms with Gasteiger partial charge in [0.15, 0.2) is 0 Å². The number of pyridine rings is 1. The van der Waals surface area contributed by atoms with Crippen molar-refractivity contribution in [3.8, 4) is 11.1 Å². The van der Waals surface area contributed by atoms with E-state index in [9.17, 15) is 13.2 Å². The van der Waals surface area contributed by atoms with Gasteiger partial charge in [-0.05, 0) is 24.8 Å². The van der Waals surface area contributed by atoms with E-state index in [0.717, 1.165) is 23.2 Å². The standard InChI is InChI=1S/C18H22N4O3S/c1-2-5-26(24,25)21-9-13-6-14(11-21)18-16(15-7-19-12-20-8-15)3-4-17(23)22(18)10-13/h3-4,7-8,12-14H,2,5-6,9-11H2,1H3/t13-,14+/m0/s1. The molecule has 0 radical (unpaired) electrons. The van der Waals surface area contributed by atoms with Crippen LogP contribution in [-0.2, 0) is 16.6 Å². The molecule has 2 atom stereocenters. The van der Waals surface area contributed by atoms with Crippen LogP contribution < -0.4 is 5.56 Å². The molecular formula is C18H22N4O3S. The van der Waals surface area contributed by atoms with E-state index >= 15 is 0 Å². The van der Waals surface area contributed by atoms with E-state index in [2.05, 4.69) is 9.97 Å². The molecule has 1 saturated heterocycles. The second-order valence-corrected chi connectivity index (χ2v) is 9.23. The van der Waals surface area contributed by atoms with Crippen LogP contribution in [0, 0.1) is 5.92 Å². The lowest BCUT2D eigenvalue weighted by Crippen LogP contribution is -2.49. The summed E-state index contributed by atoms with van der Waals surface area (Å²) in [6, 6.07) is 3.39. The molecule has 8 heteroatoms.